The van der Waals surface area contributed by atoms with Crippen molar-refractivity contribution >= 4 is 11.9 Å². The second-order valence-electron chi connectivity index (χ2n) is 6.21. The Morgan fingerprint density at radius 1 is 1.24 bits per heavy atom. The van der Waals surface area contributed by atoms with Gasteiger partial charge in [-0.25, -0.2) is 8.78 Å². The van der Waals surface area contributed by atoms with Gasteiger partial charge in [-0.15, -0.1) is 0 Å². The fourth-order valence-electron chi connectivity index (χ4n) is 2.85. The number of carbonyl (C=O) groups is 2. The molecule has 5 nitrogen and oxygen atoms in total. The van der Waals surface area contributed by atoms with Gasteiger partial charge in [0.1, 0.15) is 0 Å². The smallest absolute Gasteiger partial charge is 0.340 e. The van der Waals surface area contributed by atoms with Crippen LogP contribution in [0.5, 0.6) is 0 Å². The molecule has 0 aromatic rings. The maximum atomic E-state index is 12.9. The van der Waals surface area contributed by atoms with Gasteiger partial charge in [0.05, 0.1) is 17.9 Å². The number of nitrogens with one attached hydrogen (secondary N) is 1. The highest BCUT2D eigenvalue weighted by Crippen LogP contribution is 2.29. The molecule has 1 aliphatic carbocycles. The topological polar surface area (TPSA) is 64.6 Å². The first-order chi connectivity index (χ1) is 11.8. The van der Waals surface area contributed by atoms with E-state index in [1.165, 1.54) is 0 Å². The Balaban J connectivity index is 1.89. The van der Waals surface area contributed by atoms with Crippen molar-refractivity contribution in [1.29, 1.82) is 0 Å². The molecule has 1 fully saturated rings. The van der Waals surface area contributed by atoms with E-state index in [1.54, 1.807) is 12.2 Å². The molecular formula is C16H21F4NO4. The van der Waals surface area contributed by atoms with Crippen LogP contribution in [-0.2, 0) is 19.1 Å². The van der Waals surface area contributed by atoms with Crippen molar-refractivity contribution in [2.75, 3.05) is 19.8 Å². The third-order valence-corrected chi connectivity index (χ3v) is 4.33. The number of halogens is 4. The maximum absolute atomic E-state index is 12.9. The highest BCUT2D eigenvalue weighted by Gasteiger charge is 2.43. The zero-order valence-electron chi connectivity index (χ0n) is 13.6. The van der Waals surface area contributed by atoms with E-state index >= 15 is 0 Å². The lowest BCUT2D eigenvalue weighted by molar-refractivity contribution is -0.184. The minimum atomic E-state index is -4.41. The van der Waals surface area contributed by atoms with Crippen LogP contribution < -0.4 is 5.32 Å². The van der Waals surface area contributed by atoms with Gasteiger partial charge in [0, 0.05) is 13.2 Å². The van der Waals surface area contributed by atoms with Crippen LogP contribution in [0, 0.1) is 11.8 Å². The van der Waals surface area contributed by atoms with E-state index in [-0.39, 0.29) is 18.9 Å². The van der Waals surface area contributed by atoms with Gasteiger partial charge in [-0.05, 0) is 25.7 Å². The lowest BCUT2D eigenvalue weighted by Gasteiger charge is -2.27. The quantitative estimate of drug-likeness (QED) is 0.426. The predicted molar refractivity (Wildman–Crippen MR) is 79.2 cm³/mol. The van der Waals surface area contributed by atoms with Crippen molar-refractivity contribution in [1.82, 2.24) is 5.32 Å². The molecule has 2 aliphatic rings. The van der Waals surface area contributed by atoms with Crippen LogP contribution in [0.15, 0.2) is 12.2 Å². The summed E-state index contributed by atoms with van der Waals surface area (Å²) in [5, 5.41) is 2.70. The molecule has 1 N–H and O–H groups in total. The summed E-state index contributed by atoms with van der Waals surface area (Å²) >= 11 is 0. The summed E-state index contributed by atoms with van der Waals surface area (Å²) in [6, 6.07) is 0. The standard InChI is InChI=1S/C16H21F4NO4/c17-15(18)16(19,20)9-25-14(23)12-6-2-1-5-11(12)13(22)21-8-10-4-3-7-24-10/h1-2,10-12,15H,3-9H2,(H,21,22)/t10-,11+,12-/m0/s1. The fourth-order valence-corrected chi connectivity index (χ4v) is 2.85. The van der Waals surface area contributed by atoms with Crippen molar-refractivity contribution in [2.24, 2.45) is 11.8 Å². The van der Waals surface area contributed by atoms with E-state index in [4.69, 9.17) is 4.74 Å². The summed E-state index contributed by atoms with van der Waals surface area (Å²) < 4.78 is 59.8. The van der Waals surface area contributed by atoms with Crippen molar-refractivity contribution < 1.29 is 36.6 Å². The number of allylic oxidation sites excluding steroid dienone is 2. The van der Waals surface area contributed by atoms with E-state index in [1.807, 2.05) is 0 Å². The number of alkyl halides is 4. The van der Waals surface area contributed by atoms with E-state index in [0.29, 0.717) is 13.2 Å². The van der Waals surface area contributed by atoms with Crippen molar-refractivity contribution in [2.45, 2.75) is 44.1 Å². The molecule has 0 aromatic heterocycles. The monoisotopic (exact) mass is 367 g/mol. The molecule has 1 saturated heterocycles. The van der Waals surface area contributed by atoms with E-state index in [9.17, 15) is 27.2 Å². The molecule has 25 heavy (non-hydrogen) atoms. The molecule has 1 aliphatic heterocycles. The van der Waals surface area contributed by atoms with Crippen LogP contribution in [0.3, 0.4) is 0 Å². The molecule has 0 saturated carbocycles. The normalized spacial score (nSPS) is 26.7. The third-order valence-electron chi connectivity index (χ3n) is 4.33. The molecule has 0 spiro atoms. The molecule has 0 radical (unpaired) electrons. The second kappa shape index (κ2) is 8.64. The summed E-state index contributed by atoms with van der Waals surface area (Å²) in [7, 11) is 0. The molecule has 9 heteroatoms. The van der Waals surface area contributed by atoms with Gasteiger partial charge < -0.3 is 14.8 Å². The van der Waals surface area contributed by atoms with Crippen molar-refractivity contribution in [3.05, 3.63) is 12.2 Å². The summed E-state index contributed by atoms with van der Waals surface area (Å²) in [5.74, 6) is -7.62. The predicted octanol–water partition coefficient (Wildman–Crippen LogP) is 2.31. The van der Waals surface area contributed by atoms with Crippen molar-refractivity contribution in [3.8, 4) is 0 Å². The van der Waals surface area contributed by atoms with Crippen LogP contribution in [0.4, 0.5) is 17.6 Å². The Kier molecular flexibility index (Phi) is 6.80. The van der Waals surface area contributed by atoms with Gasteiger partial charge in [-0.2, -0.15) is 8.78 Å². The fraction of sp³-hybridized carbons (Fsp3) is 0.750. The first kappa shape index (κ1) is 19.7. The summed E-state index contributed by atoms with van der Waals surface area (Å²) in [5.41, 5.74) is 0. The highest BCUT2D eigenvalue weighted by molar-refractivity contribution is 5.86. The number of hydrogen-bond acceptors (Lipinski definition) is 4. The molecule has 0 bridgehead atoms. The summed E-state index contributed by atoms with van der Waals surface area (Å²) in [6.45, 7) is -0.752. The lowest BCUT2D eigenvalue weighted by atomic mass is 9.82. The molecule has 3 atom stereocenters. The van der Waals surface area contributed by atoms with Gasteiger partial charge in [0.15, 0.2) is 6.61 Å². The Hall–Kier alpha value is -1.64. The Morgan fingerprint density at radius 3 is 2.52 bits per heavy atom. The minimum Gasteiger partial charge on any atom is -0.459 e. The Morgan fingerprint density at radius 2 is 1.92 bits per heavy atom. The average Bonchev–Trinajstić information content (AvgIpc) is 3.11. The minimum absolute atomic E-state index is 0.0711. The number of esters is 1. The molecule has 1 heterocycles. The molecule has 0 unspecified atom stereocenters. The maximum Gasteiger partial charge on any atom is 0.340 e. The zero-order chi connectivity index (χ0) is 18.4. The van der Waals surface area contributed by atoms with Crippen LogP contribution in [0.1, 0.15) is 25.7 Å². The summed E-state index contributed by atoms with van der Waals surface area (Å²) in [4.78, 5) is 24.3. The first-order valence-electron chi connectivity index (χ1n) is 8.18. The van der Waals surface area contributed by atoms with Gasteiger partial charge in [-0.1, -0.05) is 12.2 Å². The molecule has 0 aromatic carbocycles. The number of ether oxygens (including phenoxy) is 2. The number of rotatable bonds is 7. The highest BCUT2D eigenvalue weighted by atomic mass is 19.3. The van der Waals surface area contributed by atoms with E-state index in [0.717, 1.165) is 12.8 Å². The largest absolute Gasteiger partial charge is 0.459 e. The van der Waals surface area contributed by atoms with Crippen molar-refractivity contribution in [3.63, 3.8) is 0 Å². The van der Waals surface area contributed by atoms with Gasteiger partial charge >= 0.3 is 18.3 Å². The molecule has 2 rings (SSSR count). The Bertz CT molecular complexity index is 506. The first-order valence-corrected chi connectivity index (χ1v) is 8.18. The summed E-state index contributed by atoms with van der Waals surface area (Å²) in [6.07, 6.45) is 1.50. The molecule has 1 amide bonds. The number of hydrogen-bond donors (Lipinski definition) is 1. The molecular weight excluding hydrogens is 346 g/mol. The third kappa shape index (κ3) is 5.42. The zero-order valence-corrected chi connectivity index (χ0v) is 13.6. The van der Waals surface area contributed by atoms with E-state index < -0.39 is 42.7 Å². The van der Waals surface area contributed by atoms with Gasteiger partial charge in [0.2, 0.25) is 5.91 Å². The van der Waals surface area contributed by atoms with Gasteiger partial charge in [0.25, 0.3) is 0 Å². The average molecular weight is 367 g/mol. The number of carbonyl (C=O) groups excluding carboxylic acids is 2. The van der Waals surface area contributed by atoms with Gasteiger partial charge in [-0.3, -0.25) is 9.59 Å². The SMILES string of the molecule is O=C(OCC(F)(F)C(F)F)[C@H]1CC=CC[C@H]1C(=O)NC[C@@H]1CCCO1. The lowest BCUT2D eigenvalue weighted by Crippen LogP contribution is -2.43. The Labute approximate surface area is 142 Å². The number of amides is 1. The van der Waals surface area contributed by atoms with Crippen LogP contribution in [0.2, 0.25) is 0 Å². The van der Waals surface area contributed by atoms with Crippen LogP contribution in [0.25, 0.3) is 0 Å². The second-order valence-corrected chi connectivity index (χ2v) is 6.21. The molecule has 142 valence electrons. The van der Waals surface area contributed by atoms with E-state index in [2.05, 4.69) is 10.1 Å². The van der Waals surface area contributed by atoms with Crippen LogP contribution in [-0.4, -0.2) is 50.1 Å². The van der Waals surface area contributed by atoms with Crippen LogP contribution >= 0.6 is 0 Å².